The van der Waals surface area contributed by atoms with Gasteiger partial charge in [-0.15, -0.1) is 0 Å². The molecule has 3 heterocycles. The average molecular weight is 372 g/mol. The van der Waals surface area contributed by atoms with Crippen LogP contribution in [-0.2, 0) is 0 Å². The van der Waals surface area contributed by atoms with Crippen molar-refractivity contribution in [1.29, 1.82) is 0 Å². The largest absolute Gasteiger partial charge is 0.478 e. The molecule has 1 fully saturated rings. The van der Waals surface area contributed by atoms with Crippen molar-refractivity contribution in [2.75, 3.05) is 11.4 Å². The van der Waals surface area contributed by atoms with E-state index < -0.39 is 5.97 Å². The first-order chi connectivity index (χ1) is 13.6. The summed E-state index contributed by atoms with van der Waals surface area (Å²) in [6.07, 6.45) is 2.26. The van der Waals surface area contributed by atoms with Crippen molar-refractivity contribution in [2.45, 2.75) is 25.8 Å². The first kappa shape index (κ1) is 16.8. The Morgan fingerprint density at radius 3 is 2.75 bits per heavy atom. The number of hydrogen-bond acceptors (Lipinski definition) is 4. The number of para-hydroxylation sites is 1. The van der Waals surface area contributed by atoms with Crippen LogP contribution in [-0.4, -0.2) is 28.6 Å². The van der Waals surface area contributed by atoms with Gasteiger partial charge in [0.2, 0.25) is 0 Å². The summed E-state index contributed by atoms with van der Waals surface area (Å²) in [5, 5.41) is 11.2. The number of anilines is 1. The molecule has 5 heteroatoms. The highest BCUT2D eigenvalue weighted by Gasteiger charge is 2.26. The highest BCUT2D eigenvalue weighted by Crippen LogP contribution is 2.38. The fourth-order valence-corrected chi connectivity index (χ4v) is 4.09. The van der Waals surface area contributed by atoms with E-state index >= 15 is 0 Å². The van der Waals surface area contributed by atoms with Crippen molar-refractivity contribution < 1.29 is 14.3 Å². The summed E-state index contributed by atoms with van der Waals surface area (Å²) >= 11 is 0. The van der Waals surface area contributed by atoms with E-state index in [0.717, 1.165) is 58.4 Å². The van der Waals surface area contributed by atoms with Crippen LogP contribution in [0.2, 0.25) is 0 Å². The summed E-state index contributed by atoms with van der Waals surface area (Å²) < 4.78 is 6.12. The molecule has 0 saturated carbocycles. The number of benzene rings is 2. The fraction of sp³-hybridized carbons (Fsp3) is 0.217. The van der Waals surface area contributed by atoms with E-state index in [1.165, 1.54) is 0 Å². The van der Waals surface area contributed by atoms with Gasteiger partial charge >= 0.3 is 5.97 Å². The van der Waals surface area contributed by atoms with Crippen LogP contribution in [0.25, 0.3) is 33.3 Å². The van der Waals surface area contributed by atoms with Gasteiger partial charge in [-0.3, -0.25) is 0 Å². The van der Waals surface area contributed by atoms with E-state index in [4.69, 9.17) is 9.40 Å². The predicted molar refractivity (Wildman–Crippen MR) is 110 cm³/mol. The molecule has 1 aliphatic heterocycles. The summed E-state index contributed by atoms with van der Waals surface area (Å²) in [5.41, 5.74) is 3.67. The van der Waals surface area contributed by atoms with Gasteiger partial charge in [-0.1, -0.05) is 18.2 Å². The van der Waals surface area contributed by atoms with Crippen LogP contribution in [0.1, 0.15) is 30.1 Å². The third-order valence-corrected chi connectivity index (χ3v) is 5.56. The standard InChI is InChI=1S/C23H20N2O3/c1-14-5-4-10-25(14)19-12-17-11-16(23(26)27)8-9-18(17)24-22(19)21-13-15-6-2-3-7-20(15)28-21/h2-3,6-9,11-14H,4-5,10H2,1H3,(H,26,27)/t14-/m0/s1. The first-order valence-corrected chi connectivity index (χ1v) is 9.54. The third kappa shape index (κ3) is 2.71. The van der Waals surface area contributed by atoms with E-state index in [0.29, 0.717) is 6.04 Å². The molecule has 1 aliphatic rings. The number of rotatable bonds is 3. The molecule has 0 aliphatic carbocycles. The smallest absolute Gasteiger partial charge is 0.335 e. The number of furan rings is 1. The van der Waals surface area contributed by atoms with Gasteiger partial charge in [0.15, 0.2) is 5.76 Å². The molecule has 5 rings (SSSR count). The second-order valence-electron chi connectivity index (χ2n) is 7.40. The number of fused-ring (bicyclic) bond motifs is 2. The molecule has 4 aromatic rings. The van der Waals surface area contributed by atoms with Crippen molar-refractivity contribution in [3.05, 3.63) is 60.2 Å². The molecule has 2 aromatic heterocycles. The Balaban J connectivity index is 1.75. The van der Waals surface area contributed by atoms with Gasteiger partial charge in [0.1, 0.15) is 11.3 Å². The Kier molecular flexibility index (Phi) is 3.83. The molecule has 0 unspecified atom stereocenters. The Bertz CT molecular complexity index is 1180. The fourth-order valence-electron chi connectivity index (χ4n) is 4.09. The van der Waals surface area contributed by atoms with Crippen LogP contribution >= 0.6 is 0 Å². The number of nitrogens with zero attached hydrogens (tertiary/aromatic N) is 2. The molecule has 5 nitrogen and oxygen atoms in total. The molecule has 1 saturated heterocycles. The molecule has 28 heavy (non-hydrogen) atoms. The van der Waals surface area contributed by atoms with Crippen LogP contribution in [0.4, 0.5) is 5.69 Å². The van der Waals surface area contributed by atoms with Gasteiger partial charge in [0, 0.05) is 23.4 Å². The van der Waals surface area contributed by atoms with Gasteiger partial charge in [0.05, 0.1) is 16.8 Å². The van der Waals surface area contributed by atoms with Crippen molar-refractivity contribution in [1.82, 2.24) is 4.98 Å². The van der Waals surface area contributed by atoms with E-state index in [1.807, 2.05) is 30.3 Å². The minimum Gasteiger partial charge on any atom is -0.478 e. The molecule has 0 radical (unpaired) electrons. The Morgan fingerprint density at radius 1 is 1.14 bits per heavy atom. The van der Waals surface area contributed by atoms with Gasteiger partial charge < -0.3 is 14.4 Å². The lowest BCUT2D eigenvalue weighted by Gasteiger charge is -2.26. The Labute approximate surface area is 162 Å². The number of carbonyl (C=O) groups is 1. The Hall–Kier alpha value is -3.34. The minimum atomic E-state index is -0.931. The van der Waals surface area contributed by atoms with E-state index in [-0.39, 0.29) is 5.56 Å². The maximum atomic E-state index is 11.4. The lowest BCUT2D eigenvalue weighted by molar-refractivity contribution is 0.0697. The lowest BCUT2D eigenvalue weighted by atomic mass is 10.1. The van der Waals surface area contributed by atoms with Gasteiger partial charge in [-0.05, 0) is 56.2 Å². The number of aromatic carboxylic acids is 1. The summed E-state index contributed by atoms with van der Waals surface area (Å²) in [5.74, 6) is -0.195. The zero-order valence-electron chi connectivity index (χ0n) is 15.6. The SMILES string of the molecule is C[C@H]1CCCN1c1cc2cc(C(=O)O)ccc2nc1-c1cc2ccccc2o1. The number of aromatic nitrogens is 1. The molecular formula is C23H20N2O3. The third-order valence-electron chi connectivity index (χ3n) is 5.56. The van der Waals surface area contributed by atoms with Crippen LogP contribution in [0.15, 0.2) is 59.0 Å². The minimum absolute atomic E-state index is 0.270. The van der Waals surface area contributed by atoms with E-state index in [9.17, 15) is 9.90 Å². The van der Waals surface area contributed by atoms with Crippen molar-refractivity contribution in [3.63, 3.8) is 0 Å². The quantitative estimate of drug-likeness (QED) is 0.526. The lowest BCUT2D eigenvalue weighted by Crippen LogP contribution is -2.27. The monoisotopic (exact) mass is 372 g/mol. The van der Waals surface area contributed by atoms with Crippen LogP contribution < -0.4 is 4.90 Å². The summed E-state index contributed by atoms with van der Waals surface area (Å²) in [7, 11) is 0. The molecule has 140 valence electrons. The molecule has 1 atom stereocenters. The molecular weight excluding hydrogens is 352 g/mol. The molecule has 0 bridgehead atoms. The highest BCUT2D eigenvalue weighted by molar-refractivity contribution is 5.96. The zero-order chi connectivity index (χ0) is 19.3. The zero-order valence-corrected chi connectivity index (χ0v) is 15.6. The normalized spacial score (nSPS) is 16.9. The molecule has 1 N–H and O–H groups in total. The van der Waals surface area contributed by atoms with E-state index in [1.54, 1.807) is 18.2 Å². The molecule has 2 aromatic carbocycles. The van der Waals surface area contributed by atoms with Crippen molar-refractivity contribution in [2.24, 2.45) is 0 Å². The van der Waals surface area contributed by atoms with Crippen LogP contribution in [0, 0.1) is 0 Å². The summed E-state index contributed by atoms with van der Waals surface area (Å²) in [6.45, 7) is 3.17. The van der Waals surface area contributed by atoms with Crippen molar-refractivity contribution in [3.8, 4) is 11.5 Å². The second kappa shape index (κ2) is 6.37. The average Bonchev–Trinajstić information content (AvgIpc) is 3.32. The highest BCUT2D eigenvalue weighted by atomic mass is 16.4. The van der Waals surface area contributed by atoms with Gasteiger partial charge in [-0.2, -0.15) is 0 Å². The van der Waals surface area contributed by atoms with Gasteiger partial charge in [-0.25, -0.2) is 9.78 Å². The second-order valence-corrected chi connectivity index (χ2v) is 7.40. The predicted octanol–water partition coefficient (Wildman–Crippen LogP) is 5.33. The maximum absolute atomic E-state index is 11.4. The van der Waals surface area contributed by atoms with E-state index in [2.05, 4.69) is 17.9 Å². The van der Waals surface area contributed by atoms with Gasteiger partial charge in [0.25, 0.3) is 0 Å². The number of carboxylic acids is 1. The Morgan fingerprint density at radius 2 is 2.00 bits per heavy atom. The first-order valence-electron chi connectivity index (χ1n) is 9.54. The summed E-state index contributed by atoms with van der Waals surface area (Å²) in [6, 6.07) is 17.5. The number of hydrogen-bond donors (Lipinski definition) is 1. The van der Waals surface area contributed by atoms with Crippen molar-refractivity contribution >= 4 is 33.5 Å². The summed E-state index contributed by atoms with van der Waals surface area (Å²) in [4.78, 5) is 18.6. The maximum Gasteiger partial charge on any atom is 0.335 e. The van der Waals surface area contributed by atoms with Crippen LogP contribution in [0.3, 0.4) is 0 Å². The molecule has 0 amide bonds. The number of pyridine rings is 1. The number of carboxylic acid groups (broad SMARTS) is 1. The van der Waals surface area contributed by atoms with Crippen LogP contribution in [0.5, 0.6) is 0 Å². The topological polar surface area (TPSA) is 66.6 Å². The molecule has 0 spiro atoms.